The molecule has 0 saturated carbocycles. The number of esters is 1. The summed E-state index contributed by atoms with van der Waals surface area (Å²) in [6.45, 7) is 1.89. The van der Waals surface area contributed by atoms with E-state index in [2.05, 4.69) is 20.3 Å². The van der Waals surface area contributed by atoms with Gasteiger partial charge in [-0.25, -0.2) is 14.8 Å². The van der Waals surface area contributed by atoms with Gasteiger partial charge < -0.3 is 15.8 Å². The number of benzene rings is 1. The van der Waals surface area contributed by atoms with Crippen molar-refractivity contribution in [1.82, 2.24) is 15.0 Å². The van der Waals surface area contributed by atoms with Gasteiger partial charge >= 0.3 is 5.97 Å². The lowest BCUT2D eigenvalue weighted by molar-refractivity contribution is -0.113. The first-order chi connectivity index (χ1) is 13.5. The van der Waals surface area contributed by atoms with Crippen LogP contribution in [0.4, 0.5) is 10.9 Å². The molecule has 144 valence electrons. The van der Waals surface area contributed by atoms with E-state index in [4.69, 9.17) is 10.5 Å². The Morgan fingerprint density at radius 2 is 2.07 bits per heavy atom. The summed E-state index contributed by atoms with van der Waals surface area (Å²) in [5.74, 6) is -1.02. The zero-order valence-corrected chi connectivity index (χ0v) is 16.3. The van der Waals surface area contributed by atoms with Crippen LogP contribution in [0.25, 0.3) is 10.1 Å². The molecule has 9 nitrogen and oxygen atoms in total. The number of amides is 1. The second-order valence-electron chi connectivity index (χ2n) is 5.33. The summed E-state index contributed by atoms with van der Waals surface area (Å²) < 4.78 is 5.58. The molecule has 0 aliphatic heterocycles. The first-order valence-electron chi connectivity index (χ1n) is 8.10. The van der Waals surface area contributed by atoms with E-state index in [1.54, 1.807) is 31.2 Å². The number of anilines is 2. The molecule has 2 heterocycles. The van der Waals surface area contributed by atoms with Gasteiger partial charge in [0.25, 0.3) is 5.56 Å². The molecule has 0 aliphatic rings. The fourth-order valence-corrected chi connectivity index (χ4v) is 3.70. The van der Waals surface area contributed by atoms with Crippen molar-refractivity contribution in [3.8, 4) is 0 Å². The smallest absolute Gasteiger partial charge is 0.343 e. The zero-order valence-electron chi connectivity index (χ0n) is 14.7. The van der Waals surface area contributed by atoms with Gasteiger partial charge in [-0.05, 0) is 19.1 Å². The largest absolute Gasteiger partial charge is 0.462 e. The lowest BCUT2D eigenvalue weighted by Crippen LogP contribution is -2.17. The van der Waals surface area contributed by atoms with E-state index in [-0.39, 0.29) is 39.9 Å². The number of nitrogens with zero attached hydrogens (tertiary/aromatic N) is 3. The van der Waals surface area contributed by atoms with Gasteiger partial charge in [-0.15, -0.1) is 0 Å². The van der Waals surface area contributed by atoms with Gasteiger partial charge in [-0.2, -0.15) is 4.98 Å². The highest BCUT2D eigenvalue weighted by atomic mass is 32.2. The van der Waals surface area contributed by atoms with Gasteiger partial charge in [-0.1, -0.05) is 35.2 Å². The SMILES string of the molecule is CCOC(=O)c1cnc(SCC(=O)Nc2nc(=O)c3ccccc3s2)nc1N. The number of fused-ring (bicyclic) bond motifs is 1. The summed E-state index contributed by atoms with van der Waals surface area (Å²) >= 11 is 2.24. The second-order valence-corrected chi connectivity index (χ2v) is 7.30. The van der Waals surface area contributed by atoms with Crippen molar-refractivity contribution in [2.45, 2.75) is 12.1 Å². The molecule has 3 aromatic rings. The van der Waals surface area contributed by atoms with E-state index in [9.17, 15) is 14.4 Å². The predicted molar refractivity (Wildman–Crippen MR) is 108 cm³/mol. The lowest BCUT2D eigenvalue weighted by atomic mass is 10.3. The third-order valence-electron chi connectivity index (χ3n) is 3.40. The molecule has 1 amide bonds. The van der Waals surface area contributed by atoms with E-state index in [0.717, 1.165) is 16.5 Å². The highest BCUT2D eigenvalue weighted by Gasteiger charge is 2.15. The summed E-state index contributed by atoms with van der Waals surface area (Å²) in [4.78, 5) is 47.7. The van der Waals surface area contributed by atoms with Gasteiger partial charge in [0.05, 0.1) is 17.7 Å². The van der Waals surface area contributed by atoms with Crippen molar-refractivity contribution < 1.29 is 14.3 Å². The molecule has 0 unspecified atom stereocenters. The van der Waals surface area contributed by atoms with Crippen LogP contribution in [0.1, 0.15) is 17.3 Å². The second kappa shape index (κ2) is 8.76. The standard InChI is InChI=1S/C17H15N5O4S2/c1-2-26-15(25)10-7-19-16(21-13(10)18)27-8-12(23)20-17-22-14(24)9-5-3-4-6-11(9)28-17/h3-7H,2,8H2,1H3,(H2,18,19,21)(H,20,22,23,24). The number of ether oxygens (including phenoxy) is 1. The molecule has 3 N–H and O–H groups in total. The van der Waals surface area contributed by atoms with Gasteiger partial charge in [0, 0.05) is 10.9 Å². The van der Waals surface area contributed by atoms with Crippen LogP contribution in [-0.2, 0) is 9.53 Å². The molecule has 0 spiro atoms. The lowest BCUT2D eigenvalue weighted by Gasteiger charge is -2.06. The van der Waals surface area contributed by atoms with E-state index in [0.29, 0.717) is 5.39 Å². The topological polar surface area (TPSA) is 137 Å². The van der Waals surface area contributed by atoms with Crippen LogP contribution in [0, 0.1) is 0 Å². The van der Waals surface area contributed by atoms with Crippen molar-refractivity contribution in [3.05, 3.63) is 46.4 Å². The molecule has 0 fully saturated rings. The number of rotatable bonds is 6. The van der Waals surface area contributed by atoms with E-state index >= 15 is 0 Å². The van der Waals surface area contributed by atoms with Crippen molar-refractivity contribution in [1.29, 1.82) is 0 Å². The van der Waals surface area contributed by atoms with Crippen molar-refractivity contribution in [2.75, 3.05) is 23.4 Å². The molecule has 3 rings (SSSR count). The molecule has 0 bridgehead atoms. The van der Waals surface area contributed by atoms with Crippen molar-refractivity contribution >= 4 is 56.0 Å². The molecule has 0 atom stereocenters. The number of nitrogens with one attached hydrogen (secondary N) is 1. The average molecular weight is 417 g/mol. The monoisotopic (exact) mass is 417 g/mol. The van der Waals surface area contributed by atoms with Gasteiger partial charge in [0.2, 0.25) is 5.91 Å². The summed E-state index contributed by atoms with van der Waals surface area (Å²) in [5, 5.41) is 3.55. The minimum atomic E-state index is -0.605. The highest BCUT2D eigenvalue weighted by Crippen LogP contribution is 2.21. The summed E-state index contributed by atoms with van der Waals surface area (Å²) in [5.41, 5.74) is 5.41. The van der Waals surface area contributed by atoms with E-state index in [1.807, 2.05) is 0 Å². The van der Waals surface area contributed by atoms with Gasteiger partial charge in [0.15, 0.2) is 10.3 Å². The average Bonchev–Trinajstić information content (AvgIpc) is 2.66. The summed E-state index contributed by atoms with van der Waals surface area (Å²) in [6, 6.07) is 7.03. The van der Waals surface area contributed by atoms with Crippen molar-refractivity contribution in [2.24, 2.45) is 0 Å². The number of aromatic nitrogens is 3. The number of thioether (sulfide) groups is 1. The molecular weight excluding hydrogens is 402 g/mol. The quantitative estimate of drug-likeness (QED) is 0.350. The summed E-state index contributed by atoms with van der Waals surface area (Å²) in [6.07, 6.45) is 1.26. The zero-order chi connectivity index (χ0) is 20.1. The molecule has 28 heavy (non-hydrogen) atoms. The Balaban J connectivity index is 1.64. The van der Waals surface area contributed by atoms with Crippen LogP contribution in [0.3, 0.4) is 0 Å². The maximum Gasteiger partial charge on any atom is 0.343 e. The molecule has 0 radical (unpaired) electrons. The van der Waals surface area contributed by atoms with E-state index in [1.165, 1.54) is 17.5 Å². The number of nitrogens with two attached hydrogens (primary N) is 1. The Hall–Kier alpha value is -3.05. The van der Waals surface area contributed by atoms with E-state index < -0.39 is 11.5 Å². The number of carbonyl (C=O) groups is 2. The number of carbonyl (C=O) groups excluding carboxylic acids is 2. The Morgan fingerprint density at radius 1 is 1.29 bits per heavy atom. The molecular formula is C17H15N5O4S2. The molecule has 1 aromatic carbocycles. The highest BCUT2D eigenvalue weighted by molar-refractivity contribution is 7.99. The fourth-order valence-electron chi connectivity index (χ4n) is 2.16. The van der Waals surface area contributed by atoms with Gasteiger partial charge in [0.1, 0.15) is 11.4 Å². The van der Waals surface area contributed by atoms with Crippen LogP contribution in [0.2, 0.25) is 0 Å². The van der Waals surface area contributed by atoms with Crippen LogP contribution >= 0.6 is 23.1 Å². The number of nitrogen functional groups attached to an aromatic ring is 1. The Labute approximate surface area is 167 Å². The number of hydrogen-bond acceptors (Lipinski definition) is 10. The van der Waals surface area contributed by atoms with Crippen LogP contribution < -0.4 is 16.6 Å². The normalized spacial score (nSPS) is 10.6. The third kappa shape index (κ3) is 4.61. The van der Waals surface area contributed by atoms with Crippen LogP contribution in [0.5, 0.6) is 0 Å². The minimum absolute atomic E-state index is 0.0202. The minimum Gasteiger partial charge on any atom is -0.462 e. The Kier molecular flexibility index (Phi) is 6.16. The molecule has 0 aliphatic carbocycles. The van der Waals surface area contributed by atoms with Gasteiger partial charge in [-0.3, -0.25) is 9.59 Å². The summed E-state index contributed by atoms with van der Waals surface area (Å²) in [7, 11) is 0. The predicted octanol–water partition coefficient (Wildman–Crippen LogP) is 1.94. The Morgan fingerprint density at radius 3 is 2.82 bits per heavy atom. The number of hydrogen-bond donors (Lipinski definition) is 2. The maximum atomic E-state index is 12.2. The van der Waals surface area contributed by atoms with Crippen molar-refractivity contribution in [3.63, 3.8) is 0 Å². The third-order valence-corrected chi connectivity index (χ3v) is 5.22. The first kappa shape index (κ1) is 19.7. The van der Waals surface area contributed by atoms with Crippen LogP contribution in [0.15, 0.2) is 40.4 Å². The fraction of sp³-hybridized carbons (Fsp3) is 0.176. The first-order valence-corrected chi connectivity index (χ1v) is 9.90. The Bertz CT molecular complexity index is 1100. The molecule has 11 heteroatoms. The molecule has 0 saturated heterocycles. The molecule has 2 aromatic heterocycles. The van der Waals surface area contributed by atoms with Crippen LogP contribution in [-0.4, -0.2) is 39.2 Å². The maximum absolute atomic E-state index is 12.2.